The van der Waals surface area contributed by atoms with Crippen LogP contribution in [-0.4, -0.2) is 21.8 Å². The number of halogens is 2. The van der Waals surface area contributed by atoms with Gasteiger partial charge in [0, 0.05) is 17.8 Å². The molecule has 156 valence electrons. The van der Waals surface area contributed by atoms with Crippen LogP contribution in [0.25, 0.3) is 5.76 Å². The topological polar surface area (TPSA) is 70.5 Å². The summed E-state index contributed by atoms with van der Waals surface area (Å²) < 4.78 is 28.0. The summed E-state index contributed by atoms with van der Waals surface area (Å²) in [5, 5.41) is 11.0. The van der Waals surface area contributed by atoms with Crippen molar-refractivity contribution >= 4 is 23.1 Å². The van der Waals surface area contributed by atoms with Crippen LogP contribution in [0.3, 0.4) is 0 Å². The van der Waals surface area contributed by atoms with Crippen molar-refractivity contribution in [1.82, 2.24) is 4.98 Å². The summed E-state index contributed by atoms with van der Waals surface area (Å²) >= 11 is 0. The molecule has 0 bridgehead atoms. The number of pyridine rings is 1. The molecule has 1 aliphatic rings. The fourth-order valence-corrected chi connectivity index (χ4v) is 3.62. The maximum atomic E-state index is 14.6. The van der Waals surface area contributed by atoms with Crippen molar-refractivity contribution in [2.24, 2.45) is 0 Å². The van der Waals surface area contributed by atoms with E-state index in [0.717, 1.165) is 28.2 Å². The first-order valence-electron chi connectivity index (χ1n) is 9.54. The van der Waals surface area contributed by atoms with Crippen LogP contribution >= 0.6 is 0 Å². The molecule has 2 heterocycles. The highest BCUT2D eigenvalue weighted by molar-refractivity contribution is 6.51. The molecule has 1 aromatic heterocycles. The molecule has 1 fully saturated rings. The first kappa shape index (κ1) is 20.4. The van der Waals surface area contributed by atoms with Gasteiger partial charge in [0.1, 0.15) is 23.4 Å². The molecule has 5 nitrogen and oxygen atoms in total. The van der Waals surface area contributed by atoms with E-state index < -0.39 is 29.4 Å². The number of benzene rings is 2. The number of carbonyl (C=O) groups excluding carboxylic acids is 2. The second kappa shape index (κ2) is 7.75. The van der Waals surface area contributed by atoms with Gasteiger partial charge in [0.2, 0.25) is 0 Å². The van der Waals surface area contributed by atoms with E-state index in [0.29, 0.717) is 11.6 Å². The molecule has 31 heavy (non-hydrogen) atoms. The van der Waals surface area contributed by atoms with Gasteiger partial charge in [0.15, 0.2) is 0 Å². The number of aromatic nitrogens is 1. The van der Waals surface area contributed by atoms with Crippen LogP contribution in [0.15, 0.2) is 66.4 Å². The van der Waals surface area contributed by atoms with Gasteiger partial charge < -0.3 is 5.11 Å². The van der Waals surface area contributed by atoms with Crippen LogP contribution in [0.4, 0.5) is 14.5 Å². The number of amides is 1. The van der Waals surface area contributed by atoms with Gasteiger partial charge in [-0.3, -0.25) is 19.5 Å². The molecular weight excluding hydrogens is 402 g/mol. The van der Waals surface area contributed by atoms with Crippen molar-refractivity contribution in [3.63, 3.8) is 0 Å². The molecule has 7 heteroatoms. The number of aryl methyl sites for hydroxylation is 2. The Bertz CT molecular complexity index is 1240. The van der Waals surface area contributed by atoms with Crippen LogP contribution in [0.2, 0.25) is 0 Å². The molecule has 1 N–H and O–H groups in total. The summed E-state index contributed by atoms with van der Waals surface area (Å²) in [6.07, 6.45) is 1.46. The number of aliphatic hydroxyl groups excluding tert-OH is 1. The smallest absolute Gasteiger partial charge is 0.300 e. The zero-order valence-electron chi connectivity index (χ0n) is 16.8. The largest absolute Gasteiger partial charge is 0.507 e. The lowest BCUT2D eigenvalue weighted by molar-refractivity contribution is -0.132. The monoisotopic (exact) mass is 420 g/mol. The highest BCUT2D eigenvalue weighted by atomic mass is 19.1. The highest BCUT2D eigenvalue weighted by Gasteiger charge is 2.48. The van der Waals surface area contributed by atoms with Gasteiger partial charge in [-0.25, -0.2) is 8.78 Å². The lowest BCUT2D eigenvalue weighted by Crippen LogP contribution is -2.30. The number of hydrogen-bond acceptors (Lipinski definition) is 4. The molecule has 4 rings (SSSR count). The van der Waals surface area contributed by atoms with Crippen LogP contribution in [0.5, 0.6) is 0 Å². The zero-order valence-corrected chi connectivity index (χ0v) is 16.8. The fraction of sp³-hybridized carbons (Fsp3) is 0.125. The Morgan fingerprint density at radius 3 is 2.42 bits per heavy atom. The third-order valence-corrected chi connectivity index (χ3v) is 5.36. The Labute approximate surface area is 177 Å². The molecule has 0 saturated carbocycles. The number of ketones is 1. The second-order valence-electron chi connectivity index (χ2n) is 7.32. The van der Waals surface area contributed by atoms with E-state index in [1.807, 2.05) is 13.8 Å². The summed E-state index contributed by atoms with van der Waals surface area (Å²) in [5.74, 6) is -4.22. The van der Waals surface area contributed by atoms with Gasteiger partial charge in [0.05, 0.1) is 17.0 Å². The molecule has 0 spiro atoms. The Morgan fingerprint density at radius 1 is 1.00 bits per heavy atom. The van der Waals surface area contributed by atoms with E-state index in [9.17, 15) is 23.5 Å². The van der Waals surface area contributed by atoms with Crippen LogP contribution < -0.4 is 4.90 Å². The average molecular weight is 420 g/mol. The van der Waals surface area contributed by atoms with Crippen molar-refractivity contribution in [3.8, 4) is 0 Å². The van der Waals surface area contributed by atoms with E-state index in [1.165, 1.54) is 6.20 Å². The predicted molar refractivity (Wildman–Crippen MR) is 111 cm³/mol. The molecule has 3 aromatic rings. The van der Waals surface area contributed by atoms with Crippen molar-refractivity contribution in [2.45, 2.75) is 19.9 Å². The number of aliphatic hydroxyl groups is 1. The summed E-state index contributed by atoms with van der Waals surface area (Å²) in [6.45, 7) is 3.76. The number of rotatable bonds is 3. The summed E-state index contributed by atoms with van der Waals surface area (Å²) in [5.41, 5.74) is 2.00. The first-order valence-corrected chi connectivity index (χ1v) is 9.54. The normalized spacial score (nSPS) is 17.9. The third-order valence-electron chi connectivity index (χ3n) is 5.36. The molecule has 1 amide bonds. The molecule has 1 unspecified atom stereocenters. The number of carbonyl (C=O) groups is 2. The Kier molecular flexibility index (Phi) is 5.10. The maximum Gasteiger partial charge on any atom is 0.300 e. The standard InChI is InChI=1S/C24H18F2N2O3/c1-13-6-7-15(11-14(13)2)22(29)20-21(18-5-3-4-10-27-18)28(24(31)23(20)30)19-9-8-16(25)12-17(19)26/h3-12,21,29H,1-2H3/b22-20+. The zero-order chi connectivity index (χ0) is 22.3. The SMILES string of the molecule is Cc1ccc(/C(O)=C2\C(=O)C(=O)N(c3ccc(F)cc3F)C2c2ccccn2)cc1C. The van der Waals surface area contributed by atoms with Crippen molar-refractivity contribution in [1.29, 1.82) is 0 Å². The Balaban J connectivity index is 1.97. The van der Waals surface area contributed by atoms with E-state index in [4.69, 9.17) is 0 Å². The first-order chi connectivity index (χ1) is 14.8. The van der Waals surface area contributed by atoms with E-state index in [-0.39, 0.29) is 22.7 Å². The molecule has 2 aromatic carbocycles. The molecule has 1 atom stereocenters. The van der Waals surface area contributed by atoms with Gasteiger partial charge >= 0.3 is 0 Å². The molecule has 1 saturated heterocycles. The van der Waals surface area contributed by atoms with Crippen molar-refractivity contribution < 1.29 is 23.5 Å². The van der Waals surface area contributed by atoms with Gasteiger partial charge in [-0.05, 0) is 55.3 Å². The predicted octanol–water partition coefficient (Wildman–Crippen LogP) is 4.60. The average Bonchev–Trinajstić information content (AvgIpc) is 3.01. The quantitative estimate of drug-likeness (QED) is 0.382. The molecule has 0 radical (unpaired) electrons. The Hall–Kier alpha value is -3.87. The van der Waals surface area contributed by atoms with Crippen LogP contribution in [0.1, 0.15) is 28.4 Å². The van der Waals surface area contributed by atoms with Crippen molar-refractivity contribution in [2.75, 3.05) is 4.90 Å². The Morgan fingerprint density at radius 2 is 1.77 bits per heavy atom. The highest BCUT2D eigenvalue weighted by Crippen LogP contribution is 2.42. The lowest BCUT2D eigenvalue weighted by atomic mass is 9.96. The van der Waals surface area contributed by atoms with E-state index >= 15 is 0 Å². The number of hydrogen-bond donors (Lipinski definition) is 1. The fourth-order valence-electron chi connectivity index (χ4n) is 3.62. The minimum atomic E-state index is -1.18. The number of anilines is 1. The van der Waals surface area contributed by atoms with Gasteiger partial charge in [-0.2, -0.15) is 0 Å². The van der Waals surface area contributed by atoms with Crippen LogP contribution in [0, 0.1) is 25.5 Å². The van der Waals surface area contributed by atoms with Crippen molar-refractivity contribution in [3.05, 3.63) is 100 Å². The molecular formula is C24H18F2N2O3. The van der Waals surface area contributed by atoms with E-state index in [1.54, 1.807) is 36.4 Å². The van der Waals surface area contributed by atoms with Crippen LogP contribution in [-0.2, 0) is 9.59 Å². The van der Waals surface area contributed by atoms with Gasteiger partial charge in [-0.1, -0.05) is 18.2 Å². The minimum absolute atomic E-state index is 0.212. The second-order valence-corrected chi connectivity index (χ2v) is 7.32. The van der Waals surface area contributed by atoms with Gasteiger partial charge in [0.25, 0.3) is 11.7 Å². The number of Topliss-reactive ketones (excluding diaryl/α,β-unsaturated/α-hetero) is 1. The molecule has 0 aliphatic carbocycles. The number of nitrogens with zero attached hydrogens (tertiary/aromatic N) is 2. The summed E-state index contributed by atoms with van der Waals surface area (Å²) in [6, 6.07) is 11.5. The van der Waals surface area contributed by atoms with Gasteiger partial charge in [-0.15, -0.1) is 0 Å². The molecule has 1 aliphatic heterocycles. The van der Waals surface area contributed by atoms with E-state index in [2.05, 4.69) is 4.98 Å². The maximum absolute atomic E-state index is 14.6. The summed E-state index contributed by atoms with van der Waals surface area (Å²) in [7, 11) is 0. The third kappa shape index (κ3) is 3.48. The lowest BCUT2D eigenvalue weighted by Gasteiger charge is -2.25. The minimum Gasteiger partial charge on any atom is -0.507 e. The summed E-state index contributed by atoms with van der Waals surface area (Å²) in [4.78, 5) is 31.1.